The van der Waals surface area contributed by atoms with Gasteiger partial charge in [0.2, 0.25) is 5.91 Å². The number of carbonyl (C=O) groups excluding carboxylic acids is 2. The molecule has 0 saturated heterocycles. The zero-order valence-electron chi connectivity index (χ0n) is 18.0. The molecule has 0 spiro atoms. The molecule has 33 heavy (non-hydrogen) atoms. The summed E-state index contributed by atoms with van der Waals surface area (Å²) in [4.78, 5) is 29.4. The molecule has 3 N–H and O–H groups in total. The van der Waals surface area contributed by atoms with Crippen LogP contribution in [0.4, 0.5) is 4.39 Å². The van der Waals surface area contributed by atoms with Crippen molar-refractivity contribution < 1.29 is 14.0 Å². The molecule has 4 rings (SSSR count). The summed E-state index contributed by atoms with van der Waals surface area (Å²) < 4.78 is 13.3. The van der Waals surface area contributed by atoms with Crippen LogP contribution in [0.1, 0.15) is 33.5 Å². The summed E-state index contributed by atoms with van der Waals surface area (Å²) in [6.45, 7) is 0.454. The van der Waals surface area contributed by atoms with Crippen molar-refractivity contribution in [1.29, 1.82) is 0 Å². The Morgan fingerprint density at radius 1 is 0.970 bits per heavy atom. The first kappa shape index (κ1) is 22.1. The Morgan fingerprint density at radius 3 is 2.39 bits per heavy atom. The largest absolute Gasteiger partial charge is 0.370 e. The van der Waals surface area contributed by atoms with Gasteiger partial charge in [0, 0.05) is 23.6 Å². The Balaban J connectivity index is 1.55. The molecule has 1 atom stereocenters. The Morgan fingerprint density at radius 2 is 1.67 bits per heavy atom. The first-order valence-corrected chi connectivity index (χ1v) is 10.7. The Hall–Kier alpha value is -4.06. The summed E-state index contributed by atoms with van der Waals surface area (Å²) in [5.74, 6) is -1.06. The number of primary amides is 1. The average Bonchev–Trinajstić information content (AvgIpc) is 3.30. The quantitative estimate of drug-likeness (QED) is 0.555. The zero-order valence-corrected chi connectivity index (χ0v) is 18.0. The van der Waals surface area contributed by atoms with Gasteiger partial charge in [-0.2, -0.15) is 0 Å². The minimum absolute atomic E-state index is 0.0400. The molecule has 0 unspecified atom stereocenters. The normalized spacial score (nSPS) is 13.7. The molecule has 0 bridgehead atoms. The number of carbonyl (C=O) groups is 2. The van der Waals surface area contributed by atoms with Crippen LogP contribution in [-0.2, 0) is 11.2 Å². The van der Waals surface area contributed by atoms with Crippen molar-refractivity contribution in [2.45, 2.75) is 18.9 Å². The molecule has 0 saturated carbocycles. The highest BCUT2D eigenvalue weighted by molar-refractivity contribution is 6.19. The van der Waals surface area contributed by atoms with Crippen molar-refractivity contribution in [2.75, 3.05) is 6.54 Å². The number of amides is 2. The maximum absolute atomic E-state index is 13.3. The molecule has 3 aromatic rings. The molecule has 1 heterocycles. The van der Waals surface area contributed by atoms with Crippen LogP contribution in [0.25, 0.3) is 5.57 Å². The number of benzene rings is 3. The van der Waals surface area contributed by atoms with Crippen LogP contribution in [0.15, 0.2) is 89.9 Å². The van der Waals surface area contributed by atoms with Crippen molar-refractivity contribution >= 4 is 23.1 Å². The number of rotatable bonds is 8. The highest BCUT2D eigenvalue weighted by Crippen LogP contribution is 2.23. The van der Waals surface area contributed by atoms with Crippen molar-refractivity contribution in [1.82, 2.24) is 5.32 Å². The van der Waals surface area contributed by atoms with Crippen LogP contribution < -0.4 is 11.1 Å². The molecule has 0 aliphatic carbocycles. The number of nitrogens with one attached hydrogen (secondary N) is 1. The number of hydrogen-bond donors (Lipinski definition) is 2. The second-order valence-electron chi connectivity index (χ2n) is 7.95. The van der Waals surface area contributed by atoms with Gasteiger partial charge in [-0.25, -0.2) is 4.39 Å². The lowest BCUT2D eigenvalue weighted by Gasteiger charge is -2.18. The van der Waals surface area contributed by atoms with Crippen molar-refractivity contribution in [3.63, 3.8) is 0 Å². The number of hydrogen-bond acceptors (Lipinski definition) is 3. The lowest BCUT2D eigenvalue weighted by molar-refractivity contribution is -0.118. The minimum Gasteiger partial charge on any atom is -0.370 e. The van der Waals surface area contributed by atoms with Gasteiger partial charge >= 0.3 is 0 Å². The summed E-state index contributed by atoms with van der Waals surface area (Å²) in [5, 5.41) is 2.97. The van der Waals surface area contributed by atoms with Gasteiger partial charge in [-0.1, -0.05) is 60.7 Å². The predicted molar refractivity (Wildman–Crippen MR) is 127 cm³/mol. The molecular weight excluding hydrogens is 417 g/mol. The van der Waals surface area contributed by atoms with E-state index < -0.39 is 11.9 Å². The summed E-state index contributed by atoms with van der Waals surface area (Å²) in [5.41, 5.74) is 10.1. The monoisotopic (exact) mass is 441 g/mol. The molecule has 0 fully saturated rings. The third kappa shape index (κ3) is 5.60. The molecule has 2 amide bonds. The average molecular weight is 442 g/mol. The van der Waals surface area contributed by atoms with Gasteiger partial charge < -0.3 is 11.1 Å². The van der Waals surface area contributed by atoms with Crippen LogP contribution in [0.2, 0.25) is 0 Å². The van der Waals surface area contributed by atoms with E-state index in [1.807, 2.05) is 48.5 Å². The van der Waals surface area contributed by atoms with Gasteiger partial charge in [0.25, 0.3) is 5.91 Å². The zero-order chi connectivity index (χ0) is 23.2. The van der Waals surface area contributed by atoms with E-state index in [0.29, 0.717) is 29.8 Å². The fourth-order valence-electron chi connectivity index (χ4n) is 3.91. The third-order valence-electron chi connectivity index (χ3n) is 5.50. The van der Waals surface area contributed by atoms with Crippen molar-refractivity contribution in [3.05, 3.63) is 113 Å². The topological polar surface area (TPSA) is 84.5 Å². The second kappa shape index (κ2) is 10.0. The van der Waals surface area contributed by atoms with Crippen LogP contribution in [0.3, 0.4) is 0 Å². The Bertz CT molecular complexity index is 1220. The van der Waals surface area contributed by atoms with E-state index in [0.717, 1.165) is 16.7 Å². The Kier molecular flexibility index (Phi) is 6.74. The fraction of sp³-hybridized carbons (Fsp3) is 0.148. The summed E-state index contributed by atoms with van der Waals surface area (Å²) in [6.07, 6.45) is 2.45. The molecule has 3 aromatic carbocycles. The van der Waals surface area contributed by atoms with Gasteiger partial charge in [-0.15, -0.1) is 0 Å². The number of aliphatic imine (C=N–C) groups is 1. The van der Waals surface area contributed by atoms with Gasteiger partial charge in [-0.3, -0.25) is 14.6 Å². The summed E-state index contributed by atoms with van der Waals surface area (Å²) in [7, 11) is 0. The SMILES string of the molecule is NC(=O)C[C@@H](Cc1ccccc1)NC(=O)c1ccccc1C1=NCC(c2ccc(F)cc2)=C1. The lowest BCUT2D eigenvalue weighted by atomic mass is 9.98. The van der Waals surface area contributed by atoms with Crippen LogP contribution >= 0.6 is 0 Å². The van der Waals surface area contributed by atoms with Gasteiger partial charge in [-0.05, 0) is 47.4 Å². The predicted octanol–water partition coefficient (Wildman–Crippen LogP) is 3.93. The minimum atomic E-state index is -0.475. The smallest absolute Gasteiger partial charge is 0.252 e. The first-order valence-electron chi connectivity index (χ1n) is 10.7. The number of halogens is 1. The lowest BCUT2D eigenvalue weighted by Crippen LogP contribution is -2.39. The second-order valence-corrected chi connectivity index (χ2v) is 7.95. The van der Waals surface area contributed by atoms with Crippen LogP contribution in [0, 0.1) is 5.82 Å². The highest BCUT2D eigenvalue weighted by Gasteiger charge is 2.21. The molecule has 166 valence electrons. The Labute approximate surface area is 191 Å². The van der Waals surface area contributed by atoms with E-state index in [1.165, 1.54) is 12.1 Å². The summed E-state index contributed by atoms with van der Waals surface area (Å²) in [6, 6.07) is 22.7. The summed E-state index contributed by atoms with van der Waals surface area (Å²) >= 11 is 0. The molecule has 6 heteroatoms. The van der Waals surface area contributed by atoms with E-state index in [-0.39, 0.29) is 18.1 Å². The maximum Gasteiger partial charge on any atom is 0.252 e. The highest BCUT2D eigenvalue weighted by atomic mass is 19.1. The molecule has 0 aromatic heterocycles. The van der Waals surface area contributed by atoms with Gasteiger partial charge in [0.1, 0.15) is 5.82 Å². The van der Waals surface area contributed by atoms with Crippen molar-refractivity contribution in [2.24, 2.45) is 10.7 Å². The number of nitrogens with zero attached hydrogens (tertiary/aromatic N) is 1. The van der Waals surface area contributed by atoms with E-state index in [1.54, 1.807) is 24.3 Å². The fourth-order valence-corrected chi connectivity index (χ4v) is 3.91. The third-order valence-corrected chi connectivity index (χ3v) is 5.50. The molecule has 1 aliphatic heterocycles. The standard InChI is InChI=1S/C27H24FN3O2/c28-21-12-10-19(11-13-21)20-15-25(30-17-20)23-8-4-5-9-24(23)27(33)31-22(16-26(29)32)14-18-6-2-1-3-7-18/h1-13,15,22H,14,16-17H2,(H2,29,32)(H,31,33)/t22-/m1/s1. The van der Waals surface area contributed by atoms with Gasteiger partial charge in [0.15, 0.2) is 0 Å². The van der Waals surface area contributed by atoms with Crippen LogP contribution in [0.5, 0.6) is 0 Å². The van der Waals surface area contributed by atoms with Crippen molar-refractivity contribution in [3.8, 4) is 0 Å². The number of nitrogens with two attached hydrogens (primary N) is 1. The number of allylic oxidation sites excluding steroid dienone is 1. The maximum atomic E-state index is 13.3. The molecule has 5 nitrogen and oxygen atoms in total. The molecule has 1 aliphatic rings. The first-order chi connectivity index (χ1) is 16.0. The van der Waals surface area contributed by atoms with E-state index in [4.69, 9.17) is 5.73 Å². The van der Waals surface area contributed by atoms with E-state index >= 15 is 0 Å². The molecular formula is C27H24FN3O2. The van der Waals surface area contributed by atoms with E-state index in [2.05, 4.69) is 10.3 Å². The van der Waals surface area contributed by atoms with Gasteiger partial charge in [0.05, 0.1) is 12.3 Å². The van der Waals surface area contributed by atoms with E-state index in [9.17, 15) is 14.0 Å². The molecule has 0 radical (unpaired) electrons. The van der Waals surface area contributed by atoms with Crippen LogP contribution in [-0.4, -0.2) is 30.1 Å².